The van der Waals surface area contributed by atoms with Crippen molar-refractivity contribution in [3.8, 4) is 0 Å². The summed E-state index contributed by atoms with van der Waals surface area (Å²) in [5.41, 5.74) is 1.72. The first-order valence-electron chi connectivity index (χ1n) is 10.3. The molecule has 0 radical (unpaired) electrons. The Morgan fingerprint density at radius 1 is 1.12 bits per heavy atom. The first-order chi connectivity index (χ1) is 15.5. The Kier molecular flexibility index (Phi) is 6.46. The number of hydrogen-bond acceptors (Lipinski definition) is 3. The van der Waals surface area contributed by atoms with E-state index < -0.39 is 11.7 Å². The second kappa shape index (κ2) is 9.44. The summed E-state index contributed by atoms with van der Waals surface area (Å²) in [6.45, 7) is 4.04. The van der Waals surface area contributed by atoms with Crippen molar-refractivity contribution in [3.05, 3.63) is 106 Å². The molecule has 2 heterocycles. The standard InChI is InChI=1S/C25H22F2N2O2S/c1-2-13-28(25(31)19-5-3-4-6-21(19)27)16-23(30)29-14-11-22-20(12-15-32-22)24(29)17-7-9-18(26)10-8-17/h2-10,12,15,24H,1,11,13-14,16H2. The van der Waals surface area contributed by atoms with E-state index in [0.717, 1.165) is 11.1 Å². The maximum absolute atomic E-state index is 14.2. The summed E-state index contributed by atoms with van der Waals surface area (Å²) >= 11 is 1.63. The van der Waals surface area contributed by atoms with Crippen LogP contribution in [0.3, 0.4) is 0 Å². The van der Waals surface area contributed by atoms with Crippen LogP contribution < -0.4 is 0 Å². The predicted molar refractivity (Wildman–Crippen MR) is 120 cm³/mol. The van der Waals surface area contributed by atoms with Gasteiger partial charge in [0.2, 0.25) is 5.91 Å². The number of rotatable bonds is 6. The molecule has 1 unspecified atom stereocenters. The first-order valence-corrected chi connectivity index (χ1v) is 11.1. The molecule has 164 valence electrons. The van der Waals surface area contributed by atoms with Crippen LogP contribution in [0.15, 0.2) is 72.6 Å². The average molecular weight is 453 g/mol. The quantitative estimate of drug-likeness (QED) is 0.503. The molecule has 0 bridgehead atoms. The minimum Gasteiger partial charge on any atom is -0.330 e. The van der Waals surface area contributed by atoms with E-state index in [2.05, 4.69) is 6.58 Å². The van der Waals surface area contributed by atoms with Crippen LogP contribution in [0.1, 0.15) is 32.4 Å². The molecule has 4 nitrogen and oxygen atoms in total. The van der Waals surface area contributed by atoms with Crippen molar-refractivity contribution < 1.29 is 18.4 Å². The summed E-state index contributed by atoms with van der Waals surface area (Å²) in [7, 11) is 0. The van der Waals surface area contributed by atoms with Crippen molar-refractivity contribution in [2.24, 2.45) is 0 Å². The number of thiophene rings is 1. The molecule has 0 aliphatic carbocycles. The van der Waals surface area contributed by atoms with Crippen LogP contribution in [0.25, 0.3) is 0 Å². The minimum atomic E-state index is -0.635. The second-order valence-electron chi connectivity index (χ2n) is 7.54. The second-order valence-corrected chi connectivity index (χ2v) is 8.55. The highest BCUT2D eigenvalue weighted by Gasteiger charge is 2.34. The van der Waals surface area contributed by atoms with Crippen LogP contribution in [-0.4, -0.2) is 41.2 Å². The lowest BCUT2D eigenvalue weighted by Gasteiger charge is -2.37. The van der Waals surface area contributed by atoms with Gasteiger partial charge in [0, 0.05) is 18.0 Å². The number of nitrogens with zero attached hydrogens (tertiary/aromatic N) is 2. The fourth-order valence-corrected chi connectivity index (χ4v) is 4.93. The summed E-state index contributed by atoms with van der Waals surface area (Å²) in [6, 6.07) is 13.4. The van der Waals surface area contributed by atoms with Gasteiger partial charge in [-0.2, -0.15) is 0 Å². The van der Waals surface area contributed by atoms with Gasteiger partial charge < -0.3 is 9.80 Å². The van der Waals surface area contributed by atoms with Gasteiger partial charge in [-0.1, -0.05) is 30.3 Å². The first kappa shape index (κ1) is 21.9. The molecule has 7 heteroatoms. The van der Waals surface area contributed by atoms with E-state index >= 15 is 0 Å². The Labute approximate surface area is 189 Å². The van der Waals surface area contributed by atoms with E-state index in [9.17, 15) is 18.4 Å². The molecule has 0 spiro atoms. The monoisotopic (exact) mass is 452 g/mol. The summed E-state index contributed by atoms with van der Waals surface area (Å²) in [5, 5.41) is 1.99. The van der Waals surface area contributed by atoms with Gasteiger partial charge >= 0.3 is 0 Å². The zero-order valence-corrected chi connectivity index (χ0v) is 18.2. The van der Waals surface area contributed by atoms with Gasteiger partial charge in [-0.05, 0) is 53.3 Å². The highest BCUT2D eigenvalue weighted by atomic mass is 32.1. The molecule has 1 atom stereocenters. The average Bonchev–Trinajstić information content (AvgIpc) is 3.27. The number of hydrogen-bond donors (Lipinski definition) is 0. The maximum Gasteiger partial charge on any atom is 0.257 e. The Balaban J connectivity index is 1.62. The Morgan fingerprint density at radius 3 is 2.59 bits per heavy atom. The molecule has 1 aliphatic heterocycles. The molecule has 2 aromatic carbocycles. The molecule has 0 saturated carbocycles. The molecule has 1 aliphatic rings. The molecule has 4 rings (SSSR count). The van der Waals surface area contributed by atoms with E-state index in [1.165, 1.54) is 46.2 Å². The van der Waals surface area contributed by atoms with E-state index in [4.69, 9.17) is 0 Å². The fourth-order valence-electron chi connectivity index (χ4n) is 4.02. The smallest absolute Gasteiger partial charge is 0.257 e. The zero-order valence-electron chi connectivity index (χ0n) is 17.3. The van der Waals surface area contributed by atoms with Crippen LogP contribution in [-0.2, 0) is 11.2 Å². The maximum atomic E-state index is 14.2. The van der Waals surface area contributed by atoms with Crippen molar-refractivity contribution in [1.82, 2.24) is 9.80 Å². The molecule has 0 fully saturated rings. The van der Waals surface area contributed by atoms with Crippen LogP contribution >= 0.6 is 11.3 Å². The highest BCUT2D eigenvalue weighted by molar-refractivity contribution is 7.10. The molecule has 0 N–H and O–H groups in total. The van der Waals surface area contributed by atoms with Gasteiger partial charge in [-0.15, -0.1) is 17.9 Å². The van der Waals surface area contributed by atoms with Crippen molar-refractivity contribution in [3.63, 3.8) is 0 Å². The summed E-state index contributed by atoms with van der Waals surface area (Å²) in [4.78, 5) is 30.6. The lowest BCUT2D eigenvalue weighted by molar-refractivity contribution is -0.133. The Morgan fingerprint density at radius 2 is 1.88 bits per heavy atom. The SMILES string of the molecule is C=CCN(CC(=O)N1CCc2sccc2C1c1ccc(F)cc1)C(=O)c1ccccc1F. The van der Waals surface area contributed by atoms with E-state index in [1.54, 1.807) is 34.4 Å². The number of carbonyl (C=O) groups is 2. The molecule has 1 aromatic heterocycles. The van der Waals surface area contributed by atoms with Crippen LogP contribution in [0.4, 0.5) is 8.78 Å². The van der Waals surface area contributed by atoms with Gasteiger partial charge in [0.1, 0.15) is 18.2 Å². The molecule has 3 aromatic rings. The van der Waals surface area contributed by atoms with E-state index in [0.29, 0.717) is 13.0 Å². The van der Waals surface area contributed by atoms with E-state index in [1.807, 2.05) is 11.4 Å². The lowest BCUT2D eigenvalue weighted by Crippen LogP contribution is -2.47. The summed E-state index contributed by atoms with van der Waals surface area (Å²) < 4.78 is 27.7. The number of fused-ring (bicyclic) bond motifs is 1. The topological polar surface area (TPSA) is 40.6 Å². The van der Waals surface area contributed by atoms with Crippen molar-refractivity contribution >= 4 is 23.2 Å². The summed E-state index contributed by atoms with van der Waals surface area (Å²) in [6.07, 6.45) is 2.22. The molecular weight excluding hydrogens is 430 g/mol. The normalized spacial score (nSPS) is 15.2. The largest absolute Gasteiger partial charge is 0.330 e. The zero-order chi connectivity index (χ0) is 22.7. The van der Waals surface area contributed by atoms with Crippen LogP contribution in [0.5, 0.6) is 0 Å². The molecular formula is C25H22F2N2O2S. The van der Waals surface area contributed by atoms with Crippen LogP contribution in [0.2, 0.25) is 0 Å². The van der Waals surface area contributed by atoms with E-state index in [-0.39, 0.29) is 36.4 Å². The minimum absolute atomic E-state index is 0.0870. The molecule has 32 heavy (non-hydrogen) atoms. The number of halogens is 2. The molecule has 2 amide bonds. The number of benzene rings is 2. The number of carbonyl (C=O) groups excluding carboxylic acids is 2. The van der Waals surface area contributed by atoms with Crippen molar-refractivity contribution in [2.45, 2.75) is 12.5 Å². The van der Waals surface area contributed by atoms with Crippen molar-refractivity contribution in [2.75, 3.05) is 19.6 Å². The third-order valence-electron chi connectivity index (χ3n) is 5.54. The van der Waals surface area contributed by atoms with Gasteiger partial charge in [0.15, 0.2) is 0 Å². The predicted octanol–water partition coefficient (Wildman–Crippen LogP) is 4.83. The Hall–Kier alpha value is -3.32. The molecule has 0 saturated heterocycles. The Bertz CT molecular complexity index is 1140. The fraction of sp³-hybridized carbons (Fsp3) is 0.200. The van der Waals surface area contributed by atoms with Gasteiger partial charge in [0.25, 0.3) is 5.91 Å². The third kappa shape index (κ3) is 4.34. The third-order valence-corrected chi connectivity index (χ3v) is 6.54. The number of amides is 2. The summed E-state index contributed by atoms with van der Waals surface area (Å²) in [5.74, 6) is -1.81. The van der Waals surface area contributed by atoms with Gasteiger partial charge in [0.05, 0.1) is 11.6 Å². The van der Waals surface area contributed by atoms with Gasteiger partial charge in [-0.3, -0.25) is 9.59 Å². The highest BCUT2D eigenvalue weighted by Crippen LogP contribution is 2.38. The van der Waals surface area contributed by atoms with Crippen molar-refractivity contribution in [1.29, 1.82) is 0 Å². The van der Waals surface area contributed by atoms with Crippen LogP contribution in [0, 0.1) is 11.6 Å². The lowest BCUT2D eigenvalue weighted by atomic mass is 9.93. The van der Waals surface area contributed by atoms with Gasteiger partial charge in [-0.25, -0.2) is 8.78 Å².